The monoisotopic (exact) mass is 677 g/mol. The van der Waals surface area contributed by atoms with E-state index < -0.39 is 16.2 Å². The Morgan fingerprint density at radius 1 is 1.35 bits per heavy atom. The number of pyridine rings is 1. The molecule has 0 aliphatic carbocycles. The molecule has 1 fully saturated rings. The van der Waals surface area contributed by atoms with Crippen molar-refractivity contribution in [2.24, 2.45) is 18.0 Å². The summed E-state index contributed by atoms with van der Waals surface area (Å²) in [4.78, 5) is 21.6. The Bertz CT molecular complexity index is 1470. The van der Waals surface area contributed by atoms with Gasteiger partial charge in [0.05, 0.1) is 46.0 Å². The molecule has 2 aliphatic heterocycles. The summed E-state index contributed by atoms with van der Waals surface area (Å²) in [5.41, 5.74) is 3.88. The summed E-state index contributed by atoms with van der Waals surface area (Å²) >= 11 is 8.62. The van der Waals surface area contributed by atoms with E-state index in [1.165, 1.54) is 4.57 Å². The van der Waals surface area contributed by atoms with Crippen LogP contribution in [-0.2, 0) is 11.8 Å². The van der Waals surface area contributed by atoms with Crippen LogP contribution in [-0.4, -0.2) is 58.4 Å². The van der Waals surface area contributed by atoms with Gasteiger partial charge in [-0.15, -0.1) is 0 Å². The molecule has 1 saturated heterocycles. The van der Waals surface area contributed by atoms with Crippen LogP contribution in [0, 0.1) is 17.2 Å². The maximum Gasteiger partial charge on any atom is 0.274 e. The predicted octanol–water partition coefficient (Wildman–Crippen LogP) is 3.43. The summed E-state index contributed by atoms with van der Waals surface area (Å²) in [5.74, 6) is 1.24. The zero-order valence-electron chi connectivity index (χ0n) is 23.2. The number of nitriles is 1. The lowest BCUT2D eigenvalue weighted by molar-refractivity contribution is 0.192. The van der Waals surface area contributed by atoms with Gasteiger partial charge in [-0.3, -0.25) is 10.1 Å². The molecule has 0 saturated carbocycles. The number of aliphatic hydroxyl groups is 1. The second-order valence-electron chi connectivity index (χ2n) is 10.1. The fourth-order valence-corrected chi connectivity index (χ4v) is 6.20. The fourth-order valence-electron chi connectivity index (χ4n) is 4.93. The van der Waals surface area contributed by atoms with E-state index in [-0.39, 0.29) is 17.2 Å². The number of aliphatic imine (C=N–C) groups is 1. The Hall–Kier alpha value is -3.21. The Morgan fingerprint density at radius 2 is 2.02 bits per heavy atom. The van der Waals surface area contributed by atoms with E-state index in [2.05, 4.69) is 58.1 Å². The first-order valence-electron chi connectivity index (χ1n) is 12.7. The molecule has 0 bridgehead atoms. The molecule has 2 aromatic rings. The zero-order chi connectivity index (χ0) is 29.3. The van der Waals surface area contributed by atoms with Gasteiger partial charge in [-0.25, -0.2) is 4.99 Å². The molecule has 12 heteroatoms. The van der Waals surface area contributed by atoms with Crippen LogP contribution in [0.1, 0.15) is 31.0 Å². The van der Waals surface area contributed by atoms with E-state index in [0.29, 0.717) is 29.0 Å². The number of aromatic nitrogens is 1. The predicted molar refractivity (Wildman–Crippen MR) is 165 cm³/mol. The van der Waals surface area contributed by atoms with Crippen molar-refractivity contribution in [2.75, 3.05) is 32.6 Å². The molecule has 212 valence electrons. The van der Waals surface area contributed by atoms with Crippen LogP contribution in [0.4, 0.5) is 5.69 Å². The molecule has 3 heterocycles. The van der Waals surface area contributed by atoms with Gasteiger partial charge in [0.15, 0.2) is 0 Å². The van der Waals surface area contributed by atoms with E-state index >= 15 is 0 Å². The molecule has 4 rings (SSSR count). The summed E-state index contributed by atoms with van der Waals surface area (Å²) < 4.78 is 6.69. The smallest absolute Gasteiger partial charge is 0.274 e. The first-order valence-corrected chi connectivity index (χ1v) is 14.3. The number of methoxy groups -OCH3 is 1. The van der Waals surface area contributed by atoms with Crippen LogP contribution in [0.3, 0.4) is 0 Å². The number of hydrogen-bond acceptors (Lipinski definition) is 9. The molecule has 0 amide bonds. The zero-order valence-corrected chi connectivity index (χ0v) is 26.1. The second kappa shape index (κ2) is 12.1. The topological polar surface area (TPSA) is 118 Å². The highest BCUT2D eigenvalue weighted by atomic mass is 127. The van der Waals surface area contributed by atoms with E-state index in [4.69, 9.17) is 16.3 Å². The highest BCUT2D eigenvalue weighted by Gasteiger charge is 2.47. The standard InChI is InChI=1S/C28H33ClIN7O3/c1-15(2)23(33-19-13-32-28(35(3)4)34-25(19)40-6)21-22(30)27(39)37(20-11-18(29)14-36(5)26(20)38)24(21)17-9-7-16(12-31)8-10-17/h7-11,14-15,22,24,27,33,39H,13H2,1-6H3,(H,32,34)/b23-21+. The molecule has 1 aromatic carbocycles. The van der Waals surface area contributed by atoms with Crippen molar-refractivity contribution in [3.63, 3.8) is 0 Å². The maximum atomic E-state index is 13.4. The quantitative estimate of drug-likeness (QED) is 0.315. The summed E-state index contributed by atoms with van der Waals surface area (Å²) in [6.07, 6.45) is 0.514. The molecule has 0 spiro atoms. The minimum absolute atomic E-state index is 0.00678. The Balaban J connectivity index is 1.93. The number of ether oxygens (including phenoxy) is 1. The Kier molecular flexibility index (Phi) is 9.02. The third kappa shape index (κ3) is 5.66. The van der Waals surface area contributed by atoms with E-state index in [0.717, 1.165) is 22.5 Å². The van der Waals surface area contributed by atoms with Crippen molar-refractivity contribution < 1.29 is 9.84 Å². The number of benzene rings is 1. The first-order chi connectivity index (χ1) is 19.0. The minimum atomic E-state index is -1.03. The first kappa shape index (κ1) is 29.8. The molecule has 40 heavy (non-hydrogen) atoms. The van der Waals surface area contributed by atoms with Crippen LogP contribution >= 0.6 is 34.2 Å². The number of guanidine groups is 1. The minimum Gasteiger partial charge on any atom is -0.481 e. The Morgan fingerprint density at radius 3 is 2.60 bits per heavy atom. The van der Waals surface area contributed by atoms with Gasteiger partial charge >= 0.3 is 0 Å². The number of aryl methyl sites for hydroxylation is 1. The fraction of sp³-hybridized carbons (Fsp3) is 0.393. The number of aliphatic hydroxyl groups excluding tert-OH is 1. The van der Waals surface area contributed by atoms with Crippen molar-refractivity contribution in [3.8, 4) is 6.07 Å². The summed E-state index contributed by atoms with van der Waals surface area (Å²) in [6, 6.07) is 10.4. The molecule has 1 aromatic heterocycles. The van der Waals surface area contributed by atoms with Gasteiger partial charge in [-0.05, 0) is 35.3 Å². The molecule has 0 radical (unpaired) electrons. The number of anilines is 1. The Labute approximate surface area is 252 Å². The molecule has 10 nitrogen and oxygen atoms in total. The normalized spacial score (nSPS) is 22.1. The molecule has 3 atom stereocenters. The number of allylic oxidation sites excluding steroid dienone is 1. The SMILES string of the molecule is COC1=C(N/C(=C2\C(I)C(O)N(c3cc(Cl)cn(C)c3=O)C2c2ccc(C#N)cc2)C(C)C)CN=C(N(C)C)N1. The number of nitrogens with zero attached hydrogens (tertiary/aromatic N) is 5. The van der Waals surface area contributed by atoms with Crippen molar-refractivity contribution >= 4 is 45.8 Å². The highest BCUT2D eigenvalue weighted by molar-refractivity contribution is 14.1. The van der Waals surface area contributed by atoms with Crippen LogP contribution in [0.25, 0.3) is 0 Å². The lowest BCUT2D eigenvalue weighted by atomic mass is 9.92. The number of nitrogens with one attached hydrogen (secondary N) is 2. The van der Waals surface area contributed by atoms with Gasteiger partial charge in [0.2, 0.25) is 11.8 Å². The number of rotatable bonds is 6. The van der Waals surface area contributed by atoms with Crippen molar-refractivity contribution in [1.29, 1.82) is 5.26 Å². The average Bonchev–Trinajstić information content (AvgIpc) is 3.18. The van der Waals surface area contributed by atoms with Crippen molar-refractivity contribution in [3.05, 3.63) is 85.9 Å². The summed E-state index contributed by atoms with van der Waals surface area (Å²) in [5, 5.41) is 28.2. The van der Waals surface area contributed by atoms with Gasteiger partial charge in [0.1, 0.15) is 11.9 Å². The summed E-state index contributed by atoms with van der Waals surface area (Å²) in [6.45, 7) is 4.50. The van der Waals surface area contributed by atoms with Gasteiger partial charge in [0.25, 0.3) is 5.56 Å². The largest absolute Gasteiger partial charge is 0.481 e. The van der Waals surface area contributed by atoms with Crippen LogP contribution in [0.2, 0.25) is 5.02 Å². The van der Waals surface area contributed by atoms with Gasteiger partial charge in [0, 0.05) is 33.0 Å². The average molecular weight is 678 g/mol. The van der Waals surface area contributed by atoms with Crippen molar-refractivity contribution in [2.45, 2.75) is 30.0 Å². The second-order valence-corrected chi connectivity index (χ2v) is 11.9. The third-order valence-electron chi connectivity index (χ3n) is 6.87. The number of halogens is 2. The molecule has 2 aliphatic rings. The van der Waals surface area contributed by atoms with Gasteiger partial charge in [-0.2, -0.15) is 5.26 Å². The summed E-state index contributed by atoms with van der Waals surface area (Å²) in [7, 11) is 7.03. The molecule has 3 unspecified atom stereocenters. The van der Waals surface area contributed by atoms with E-state index in [9.17, 15) is 15.2 Å². The lowest BCUT2D eigenvalue weighted by Gasteiger charge is -2.31. The number of alkyl halides is 1. The third-order valence-corrected chi connectivity index (χ3v) is 8.39. The number of hydrogen-bond donors (Lipinski definition) is 3. The highest BCUT2D eigenvalue weighted by Crippen LogP contribution is 2.47. The van der Waals surface area contributed by atoms with Gasteiger partial charge in [-0.1, -0.05) is 60.2 Å². The molecular formula is C28H33ClIN7O3. The molecule has 3 N–H and O–H groups in total. The van der Waals surface area contributed by atoms with Gasteiger partial charge < -0.3 is 29.5 Å². The van der Waals surface area contributed by atoms with Crippen LogP contribution in [0.5, 0.6) is 0 Å². The molecular weight excluding hydrogens is 645 g/mol. The lowest BCUT2D eigenvalue weighted by Crippen LogP contribution is -2.42. The van der Waals surface area contributed by atoms with E-state index in [1.54, 1.807) is 43.5 Å². The maximum absolute atomic E-state index is 13.4. The van der Waals surface area contributed by atoms with E-state index in [1.807, 2.05) is 31.1 Å². The van der Waals surface area contributed by atoms with Crippen molar-refractivity contribution in [1.82, 2.24) is 20.1 Å². The van der Waals surface area contributed by atoms with Crippen LogP contribution in [0.15, 0.2) is 69.2 Å². The van der Waals surface area contributed by atoms with Crippen LogP contribution < -0.4 is 21.1 Å².